The molecule has 0 radical (unpaired) electrons. The van der Waals surface area contributed by atoms with E-state index in [1.54, 1.807) is 36.5 Å². The first-order valence-corrected chi connectivity index (χ1v) is 12.6. The van der Waals surface area contributed by atoms with Gasteiger partial charge in [-0.1, -0.05) is 32.0 Å². The Morgan fingerprint density at radius 1 is 1.27 bits per heavy atom. The van der Waals surface area contributed by atoms with Crippen LogP contribution in [0.5, 0.6) is 0 Å². The highest BCUT2D eigenvalue weighted by molar-refractivity contribution is 7.09. The molecule has 0 saturated carbocycles. The van der Waals surface area contributed by atoms with Crippen LogP contribution >= 0.6 is 11.5 Å². The maximum absolute atomic E-state index is 13.2. The second-order valence-electron chi connectivity index (χ2n) is 9.07. The summed E-state index contributed by atoms with van der Waals surface area (Å²) in [5, 5.41) is 3.01. The SMILES string of the molecule is COC(=O)c1ccccc1-c1cnc(N(CC(C)C)C2CCOCC2)c(Nc2nc(C(F)(F)F)ns2)c1. The Morgan fingerprint density at radius 3 is 2.65 bits per heavy atom. The van der Waals surface area contributed by atoms with E-state index < -0.39 is 18.0 Å². The van der Waals surface area contributed by atoms with Crippen LogP contribution in [0.3, 0.4) is 0 Å². The fourth-order valence-electron chi connectivity index (χ4n) is 4.25. The number of carbonyl (C=O) groups excluding carboxylic acids is 1. The predicted molar refractivity (Wildman–Crippen MR) is 135 cm³/mol. The number of nitrogens with zero attached hydrogens (tertiary/aromatic N) is 4. The first-order valence-electron chi connectivity index (χ1n) is 11.9. The van der Waals surface area contributed by atoms with Crippen molar-refractivity contribution in [2.75, 3.05) is 37.1 Å². The Labute approximate surface area is 217 Å². The number of nitrogens with one attached hydrogen (secondary N) is 1. The monoisotopic (exact) mass is 535 g/mol. The summed E-state index contributed by atoms with van der Waals surface area (Å²) in [5.41, 5.74) is 2.01. The van der Waals surface area contributed by atoms with Crippen molar-refractivity contribution < 1.29 is 27.4 Å². The lowest BCUT2D eigenvalue weighted by molar-refractivity contribution is -0.144. The quantitative estimate of drug-likeness (QED) is 0.363. The molecule has 12 heteroatoms. The van der Waals surface area contributed by atoms with Crippen molar-refractivity contribution in [1.82, 2.24) is 14.3 Å². The molecular weight excluding hydrogens is 507 g/mol. The molecular formula is C25H28F3N5O3S. The molecule has 1 fully saturated rings. The smallest absolute Gasteiger partial charge is 0.452 e. The third-order valence-electron chi connectivity index (χ3n) is 5.90. The van der Waals surface area contributed by atoms with E-state index in [0.29, 0.717) is 65.4 Å². The summed E-state index contributed by atoms with van der Waals surface area (Å²) < 4.78 is 53.4. The maximum Gasteiger partial charge on any atom is 0.452 e. The molecule has 0 bridgehead atoms. The summed E-state index contributed by atoms with van der Waals surface area (Å²) in [5.74, 6) is -0.818. The van der Waals surface area contributed by atoms with Gasteiger partial charge >= 0.3 is 12.1 Å². The lowest BCUT2D eigenvalue weighted by Gasteiger charge is -2.37. The topological polar surface area (TPSA) is 89.5 Å². The number of esters is 1. The van der Waals surface area contributed by atoms with Gasteiger partial charge in [0, 0.05) is 49.1 Å². The van der Waals surface area contributed by atoms with Crippen LogP contribution in [0.25, 0.3) is 11.1 Å². The molecule has 1 aliphatic heterocycles. The van der Waals surface area contributed by atoms with Crippen molar-refractivity contribution in [2.24, 2.45) is 5.92 Å². The highest BCUT2D eigenvalue weighted by Crippen LogP contribution is 2.37. The van der Waals surface area contributed by atoms with Crippen molar-refractivity contribution in [3.8, 4) is 11.1 Å². The van der Waals surface area contributed by atoms with Crippen molar-refractivity contribution in [3.63, 3.8) is 0 Å². The van der Waals surface area contributed by atoms with Crippen molar-refractivity contribution >= 4 is 34.1 Å². The normalized spacial score (nSPS) is 14.6. The van der Waals surface area contributed by atoms with Crippen LogP contribution in [0.1, 0.15) is 42.9 Å². The Kier molecular flexibility index (Phi) is 8.28. The summed E-state index contributed by atoms with van der Waals surface area (Å²) in [6.45, 7) is 6.13. The van der Waals surface area contributed by atoms with Crippen LogP contribution in [0, 0.1) is 5.92 Å². The van der Waals surface area contributed by atoms with Gasteiger partial charge in [-0.05, 0) is 36.5 Å². The predicted octanol–water partition coefficient (Wildman–Crippen LogP) is 5.79. The van der Waals surface area contributed by atoms with Gasteiger partial charge in [0.25, 0.3) is 0 Å². The van der Waals surface area contributed by atoms with Crippen LogP contribution in [-0.4, -0.2) is 53.2 Å². The Balaban J connectivity index is 1.81. The fourth-order valence-corrected chi connectivity index (χ4v) is 4.85. The van der Waals surface area contributed by atoms with Gasteiger partial charge < -0.3 is 19.7 Å². The number of pyridine rings is 1. The van der Waals surface area contributed by atoms with E-state index in [-0.39, 0.29) is 11.2 Å². The van der Waals surface area contributed by atoms with Crippen LogP contribution in [0.4, 0.5) is 29.8 Å². The van der Waals surface area contributed by atoms with Gasteiger partial charge in [0.2, 0.25) is 11.0 Å². The molecule has 1 saturated heterocycles. The number of hydrogen-bond donors (Lipinski definition) is 1. The molecule has 1 N–H and O–H groups in total. The van der Waals surface area contributed by atoms with Crippen molar-refractivity contribution in [3.05, 3.63) is 47.9 Å². The lowest BCUT2D eigenvalue weighted by atomic mass is 10.00. The first kappa shape index (κ1) is 26.8. The number of rotatable bonds is 8. The zero-order valence-corrected chi connectivity index (χ0v) is 21.5. The third-order valence-corrected chi connectivity index (χ3v) is 6.53. The van der Waals surface area contributed by atoms with Crippen molar-refractivity contribution in [1.29, 1.82) is 0 Å². The molecule has 0 unspecified atom stereocenters. The fraction of sp³-hybridized carbons (Fsp3) is 0.440. The third kappa shape index (κ3) is 6.37. The molecule has 3 heterocycles. The van der Waals surface area contributed by atoms with E-state index >= 15 is 0 Å². The maximum atomic E-state index is 13.2. The summed E-state index contributed by atoms with van der Waals surface area (Å²) in [7, 11) is 1.30. The minimum Gasteiger partial charge on any atom is -0.465 e. The van der Waals surface area contributed by atoms with E-state index in [1.807, 2.05) is 0 Å². The van der Waals surface area contributed by atoms with E-state index in [0.717, 1.165) is 12.8 Å². The Hall–Kier alpha value is -3.25. The van der Waals surface area contributed by atoms with Gasteiger partial charge in [-0.3, -0.25) is 0 Å². The van der Waals surface area contributed by atoms with Gasteiger partial charge in [0.05, 0.1) is 18.4 Å². The van der Waals surface area contributed by atoms with Gasteiger partial charge in [0.15, 0.2) is 5.82 Å². The second kappa shape index (κ2) is 11.4. The molecule has 0 amide bonds. The highest BCUT2D eigenvalue weighted by Gasteiger charge is 2.36. The number of anilines is 3. The van der Waals surface area contributed by atoms with E-state index in [2.05, 4.69) is 33.4 Å². The molecule has 198 valence electrons. The summed E-state index contributed by atoms with van der Waals surface area (Å²) in [6.07, 6.45) is -1.38. The molecule has 4 rings (SSSR count). The van der Waals surface area contributed by atoms with E-state index in [4.69, 9.17) is 14.5 Å². The van der Waals surface area contributed by atoms with Crippen LogP contribution in [0.15, 0.2) is 36.5 Å². The van der Waals surface area contributed by atoms with Gasteiger partial charge in [-0.2, -0.15) is 22.5 Å². The molecule has 1 aromatic carbocycles. The van der Waals surface area contributed by atoms with Crippen LogP contribution in [-0.2, 0) is 15.7 Å². The highest BCUT2D eigenvalue weighted by atomic mass is 32.1. The Morgan fingerprint density at radius 2 is 2.00 bits per heavy atom. The lowest BCUT2D eigenvalue weighted by Crippen LogP contribution is -2.42. The zero-order valence-electron chi connectivity index (χ0n) is 20.7. The number of halogens is 3. The second-order valence-corrected chi connectivity index (χ2v) is 9.82. The number of methoxy groups -OCH3 is 1. The summed E-state index contributed by atoms with van der Waals surface area (Å²) in [4.78, 5) is 23.0. The molecule has 0 aliphatic carbocycles. The molecule has 1 aliphatic rings. The minimum atomic E-state index is -4.65. The van der Waals surface area contributed by atoms with Crippen LogP contribution < -0.4 is 10.2 Å². The number of carbonyl (C=O) groups is 1. The molecule has 0 spiro atoms. The molecule has 3 aromatic rings. The summed E-state index contributed by atoms with van der Waals surface area (Å²) in [6, 6.07) is 8.85. The van der Waals surface area contributed by atoms with Gasteiger partial charge in [-0.15, -0.1) is 0 Å². The molecule has 0 atom stereocenters. The molecule has 37 heavy (non-hydrogen) atoms. The van der Waals surface area contributed by atoms with Gasteiger partial charge in [-0.25, -0.2) is 9.78 Å². The van der Waals surface area contributed by atoms with Gasteiger partial charge in [0.1, 0.15) is 0 Å². The number of ether oxygens (including phenoxy) is 2. The Bertz CT molecular complexity index is 1230. The first-order chi connectivity index (χ1) is 17.7. The largest absolute Gasteiger partial charge is 0.465 e. The van der Waals surface area contributed by atoms with Crippen LogP contribution in [0.2, 0.25) is 0 Å². The van der Waals surface area contributed by atoms with E-state index in [9.17, 15) is 18.0 Å². The number of benzene rings is 1. The average molecular weight is 536 g/mol. The average Bonchev–Trinajstić information content (AvgIpc) is 3.37. The summed E-state index contributed by atoms with van der Waals surface area (Å²) >= 11 is 0.622. The minimum absolute atomic E-state index is 0.00903. The zero-order chi connectivity index (χ0) is 26.6. The molecule has 2 aromatic heterocycles. The molecule has 8 nitrogen and oxygen atoms in total. The number of aromatic nitrogens is 3. The van der Waals surface area contributed by atoms with Crippen molar-refractivity contribution in [2.45, 2.75) is 38.9 Å². The number of hydrogen-bond acceptors (Lipinski definition) is 9. The van der Waals surface area contributed by atoms with E-state index in [1.165, 1.54) is 7.11 Å². The standard InChI is InChI=1S/C25H28F3N5O3S/c1-15(2)14-33(17-8-10-36-11-9-17)21-20(30-24-31-23(32-37-24)25(26,27)28)12-16(13-29-21)18-6-4-5-7-19(18)22(34)35-3/h4-7,12-13,15,17H,8-11,14H2,1-3H3,(H,30,31,32). The number of alkyl halides is 3.